The van der Waals surface area contributed by atoms with Gasteiger partial charge in [0.25, 0.3) is 0 Å². The van der Waals surface area contributed by atoms with Gasteiger partial charge < -0.3 is 5.32 Å². The monoisotopic (exact) mass is 418 g/mol. The lowest BCUT2D eigenvalue weighted by Crippen LogP contribution is -1.98. The van der Waals surface area contributed by atoms with Gasteiger partial charge in [-0.2, -0.15) is 0 Å². The zero-order valence-corrected chi connectivity index (χ0v) is 13.8. The highest BCUT2D eigenvalue weighted by atomic mass is 127. The smallest absolute Gasteiger partial charge is 0.188 e. The van der Waals surface area contributed by atoms with Crippen molar-refractivity contribution < 1.29 is 4.79 Å². The lowest BCUT2D eigenvalue weighted by atomic mass is 10.1. The number of carbonyl (C=O) groups excluding carboxylic acids is 1. The van der Waals surface area contributed by atoms with Gasteiger partial charge in [-0.1, -0.05) is 23.2 Å². The molecule has 0 aliphatic heterocycles. The topological polar surface area (TPSA) is 42.0 Å². The number of ketones is 1. The molecular weight excluding hydrogens is 410 g/mol. The highest BCUT2D eigenvalue weighted by Gasteiger charge is 2.07. The van der Waals surface area contributed by atoms with Gasteiger partial charge in [0.1, 0.15) is 5.82 Å². The number of aromatic nitrogens is 1. The van der Waals surface area contributed by atoms with E-state index in [0.29, 0.717) is 21.4 Å². The van der Waals surface area contributed by atoms with Crippen LogP contribution in [0.1, 0.15) is 10.4 Å². The maximum Gasteiger partial charge on any atom is 0.188 e. The van der Waals surface area contributed by atoms with Gasteiger partial charge in [0, 0.05) is 32.6 Å². The first-order valence-corrected chi connectivity index (χ1v) is 7.44. The summed E-state index contributed by atoms with van der Waals surface area (Å²) in [7, 11) is 0. The Balaban J connectivity index is 2.04. The lowest BCUT2D eigenvalue weighted by Gasteiger charge is -2.01. The molecule has 2 aromatic rings. The number of halogens is 3. The van der Waals surface area contributed by atoms with Gasteiger partial charge in [-0.15, -0.1) is 0 Å². The van der Waals surface area contributed by atoms with Crippen LogP contribution in [0.25, 0.3) is 0 Å². The molecule has 102 valence electrons. The molecule has 0 amide bonds. The fraction of sp³-hybridized carbons (Fsp3) is 0. The van der Waals surface area contributed by atoms with Crippen molar-refractivity contribution in [2.24, 2.45) is 0 Å². The quantitative estimate of drug-likeness (QED) is 0.440. The number of hydrogen-bond donors (Lipinski definition) is 1. The second-order valence-electron chi connectivity index (χ2n) is 3.83. The van der Waals surface area contributed by atoms with Crippen molar-refractivity contribution in [2.45, 2.75) is 0 Å². The zero-order valence-electron chi connectivity index (χ0n) is 10.1. The number of nitrogens with zero attached hydrogens (tertiary/aromatic N) is 1. The average molecular weight is 419 g/mol. The van der Waals surface area contributed by atoms with Crippen LogP contribution in [0, 0.1) is 3.57 Å². The van der Waals surface area contributed by atoms with Gasteiger partial charge in [-0.05, 0) is 52.9 Å². The summed E-state index contributed by atoms with van der Waals surface area (Å²) in [4.78, 5) is 16.1. The Morgan fingerprint density at radius 3 is 2.70 bits per heavy atom. The van der Waals surface area contributed by atoms with Crippen LogP contribution in [0.3, 0.4) is 0 Å². The summed E-state index contributed by atoms with van der Waals surface area (Å²) < 4.78 is 1.04. The van der Waals surface area contributed by atoms with E-state index in [1.54, 1.807) is 18.3 Å². The zero-order chi connectivity index (χ0) is 14.5. The molecule has 1 aromatic carbocycles. The van der Waals surface area contributed by atoms with E-state index in [-0.39, 0.29) is 5.78 Å². The van der Waals surface area contributed by atoms with E-state index in [1.165, 1.54) is 18.3 Å². The van der Waals surface area contributed by atoms with Crippen molar-refractivity contribution in [1.29, 1.82) is 0 Å². The summed E-state index contributed by atoms with van der Waals surface area (Å²) >= 11 is 13.9. The molecule has 1 N–H and O–H groups in total. The van der Waals surface area contributed by atoms with Crippen molar-refractivity contribution in [3.05, 3.63) is 68.0 Å². The van der Waals surface area contributed by atoms with Crippen molar-refractivity contribution in [3.8, 4) is 0 Å². The molecule has 0 bridgehead atoms. The second kappa shape index (κ2) is 7.06. The Kier molecular flexibility index (Phi) is 5.39. The van der Waals surface area contributed by atoms with E-state index in [2.05, 4.69) is 32.9 Å². The van der Waals surface area contributed by atoms with E-state index >= 15 is 0 Å². The average Bonchev–Trinajstić information content (AvgIpc) is 2.41. The molecule has 1 heterocycles. The first kappa shape index (κ1) is 15.3. The molecule has 0 aliphatic rings. The Morgan fingerprint density at radius 1 is 1.25 bits per heavy atom. The number of benzene rings is 1. The molecule has 0 atom stereocenters. The van der Waals surface area contributed by atoms with Crippen LogP contribution >= 0.6 is 45.8 Å². The SMILES string of the molecule is O=C(C=CNc1ccc(I)cn1)c1ccc(Cl)cc1Cl. The third-order valence-corrected chi connectivity index (χ3v) is 3.58. The standard InChI is InChI=1S/C14H9Cl2IN2O/c15-9-1-3-11(12(16)7-9)13(20)5-6-18-14-4-2-10(17)8-19-14/h1-8H,(H,18,19). The minimum absolute atomic E-state index is 0.204. The number of pyridine rings is 1. The van der Waals surface area contributed by atoms with Crippen LogP contribution < -0.4 is 5.32 Å². The second-order valence-corrected chi connectivity index (χ2v) is 5.92. The van der Waals surface area contributed by atoms with Crippen molar-refractivity contribution >= 4 is 57.4 Å². The molecule has 6 heteroatoms. The molecule has 0 spiro atoms. The van der Waals surface area contributed by atoms with E-state index in [0.717, 1.165) is 3.57 Å². The Morgan fingerprint density at radius 2 is 2.05 bits per heavy atom. The van der Waals surface area contributed by atoms with Crippen LogP contribution in [0.2, 0.25) is 10.0 Å². The molecule has 0 unspecified atom stereocenters. The van der Waals surface area contributed by atoms with Gasteiger partial charge >= 0.3 is 0 Å². The van der Waals surface area contributed by atoms with E-state index in [9.17, 15) is 4.79 Å². The molecule has 0 saturated heterocycles. The summed E-state index contributed by atoms with van der Waals surface area (Å²) in [5, 5.41) is 3.75. The maximum atomic E-state index is 11.9. The minimum atomic E-state index is -0.204. The lowest BCUT2D eigenvalue weighted by molar-refractivity contribution is 0.104. The molecule has 20 heavy (non-hydrogen) atoms. The van der Waals surface area contributed by atoms with E-state index in [4.69, 9.17) is 23.2 Å². The minimum Gasteiger partial charge on any atom is -0.347 e. The van der Waals surface area contributed by atoms with Crippen LogP contribution in [0.4, 0.5) is 5.82 Å². The molecule has 0 aliphatic carbocycles. The highest BCUT2D eigenvalue weighted by Crippen LogP contribution is 2.21. The van der Waals surface area contributed by atoms with Crippen molar-refractivity contribution in [1.82, 2.24) is 4.98 Å². The van der Waals surface area contributed by atoms with Gasteiger partial charge in [-0.3, -0.25) is 4.79 Å². The Bertz CT molecular complexity index is 657. The number of anilines is 1. The summed E-state index contributed by atoms with van der Waals surface area (Å²) in [6, 6.07) is 8.51. The van der Waals surface area contributed by atoms with Crippen LogP contribution in [-0.4, -0.2) is 10.8 Å². The van der Waals surface area contributed by atoms with Crippen LogP contribution in [0.5, 0.6) is 0 Å². The number of nitrogens with one attached hydrogen (secondary N) is 1. The highest BCUT2D eigenvalue weighted by molar-refractivity contribution is 14.1. The fourth-order valence-corrected chi connectivity index (χ4v) is 2.26. The molecule has 2 rings (SSSR count). The van der Waals surface area contributed by atoms with Crippen molar-refractivity contribution in [2.75, 3.05) is 5.32 Å². The third-order valence-electron chi connectivity index (χ3n) is 2.39. The maximum absolute atomic E-state index is 11.9. The molecular formula is C14H9Cl2IN2O. The molecule has 3 nitrogen and oxygen atoms in total. The Hall–Kier alpha value is -1.11. The predicted octanol–water partition coefficient (Wildman–Crippen LogP) is 4.80. The van der Waals surface area contributed by atoms with Gasteiger partial charge in [0.05, 0.1) is 5.02 Å². The normalized spacial score (nSPS) is 10.8. The molecule has 0 radical (unpaired) electrons. The Labute approximate surface area is 140 Å². The largest absolute Gasteiger partial charge is 0.347 e. The summed E-state index contributed by atoms with van der Waals surface area (Å²) in [5.41, 5.74) is 0.407. The fourth-order valence-electron chi connectivity index (χ4n) is 1.44. The summed E-state index contributed by atoms with van der Waals surface area (Å²) in [6.07, 6.45) is 4.66. The molecule has 1 aromatic heterocycles. The van der Waals surface area contributed by atoms with Crippen molar-refractivity contribution in [3.63, 3.8) is 0 Å². The number of carbonyl (C=O) groups is 1. The number of allylic oxidation sites excluding steroid dienone is 1. The first-order valence-electron chi connectivity index (χ1n) is 5.60. The van der Waals surface area contributed by atoms with Crippen LogP contribution in [-0.2, 0) is 0 Å². The predicted molar refractivity (Wildman–Crippen MR) is 90.5 cm³/mol. The van der Waals surface area contributed by atoms with Gasteiger partial charge in [0.2, 0.25) is 0 Å². The summed E-state index contributed by atoms with van der Waals surface area (Å²) in [6.45, 7) is 0. The van der Waals surface area contributed by atoms with E-state index < -0.39 is 0 Å². The first-order chi connectivity index (χ1) is 9.56. The molecule has 0 fully saturated rings. The van der Waals surface area contributed by atoms with Gasteiger partial charge in [-0.25, -0.2) is 4.98 Å². The number of hydrogen-bond acceptors (Lipinski definition) is 3. The van der Waals surface area contributed by atoms with E-state index in [1.807, 2.05) is 12.1 Å². The van der Waals surface area contributed by atoms with Gasteiger partial charge in [0.15, 0.2) is 5.78 Å². The summed E-state index contributed by atoms with van der Waals surface area (Å²) in [5.74, 6) is 0.460. The third kappa shape index (κ3) is 4.19. The number of rotatable bonds is 4. The molecule has 0 saturated carbocycles. The van der Waals surface area contributed by atoms with Crippen LogP contribution in [0.15, 0.2) is 48.8 Å².